The molecule has 1 aromatic heterocycles. The van der Waals surface area contributed by atoms with Crippen molar-refractivity contribution in [2.75, 3.05) is 0 Å². The quantitative estimate of drug-likeness (QED) is 0.938. The normalized spacial score (nSPS) is 20.4. The summed E-state index contributed by atoms with van der Waals surface area (Å²) in [6.45, 7) is 0.549. The van der Waals surface area contributed by atoms with Crippen LogP contribution in [0.3, 0.4) is 0 Å². The van der Waals surface area contributed by atoms with Gasteiger partial charge >= 0.3 is 0 Å². The summed E-state index contributed by atoms with van der Waals surface area (Å²) in [6.07, 6.45) is 4.34. The minimum absolute atomic E-state index is 0.0525. The summed E-state index contributed by atoms with van der Waals surface area (Å²) in [4.78, 5) is 16.1. The molecule has 102 valence electrons. The molecule has 2 atom stereocenters. The van der Waals surface area contributed by atoms with Crippen molar-refractivity contribution in [1.29, 1.82) is 0 Å². The van der Waals surface area contributed by atoms with Crippen LogP contribution in [0.15, 0.2) is 48.8 Å². The minimum atomic E-state index is 0.0525. The van der Waals surface area contributed by atoms with Gasteiger partial charge in [-0.25, -0.2) is 0 Å². The summed E-state index contributed by atoms with van der Waals surface area (Å²) in [5.74, 6) is 0.421. The highest BCUT2D eigenvalue weighted by Gasteiger charge is 2.44. The number of pyridine rings is 1. The van der Waals surface area contributed by atoms with Gasteiger partial charge in [-0.2, -0.15) is 0 Å². The minimum Gasteiger partial charge on any atom is -0.352 e. The van der Waals surface area contributed by atoms with Crippen molar-refractivity contribution in [3.8, 4) is 0 Å². The molecular formula is C16H15ClN2O. The van der Waals surface area contributed by atoms with E-state index in [0.717, 1.165) is 22.6 Å². The summed E-state index contributed by atoms with van der Waals surface area (Å²) in [5, 5.41) is 3.72. The average Bonchev–Trinajstić information content (AvgIpc) is 3.27. The fourth-order valence-electron chi connectivity index (χ4n) is 2.43. The number of nitrogens with one attached hydrogen (secondary N) is 1. The number of rotatable bonds is 4. The number of aromatic nitrogens is 1. The second-order valence-corrected chi connectivity index (χ2v) is 5.45. The van der Waals surface area contributed by atoms with Crippen molar-refractivity contribution in [2.24, 2.45) is 5.92 Å². The van der Waals surface area contributed by atoms with Crippen LogP contribution in [-0.4, -0.2) is 10.9 Å². The zero-order valence-corrected chi connectivity index (χ0v) is 11.7. The molecule has 0 bridgehead atoms. The Labute approximate surface area is 123 Å². The molecule has 1 saturated carbocycles. The molecule has 1 amide bonds. The second-order valence-electron chi connectivity index (χ2n) is 5.04. The van der Waals surface area contributed by atoms with Crippen LogP contribution in [0.4, 0.5) is 0 Å². The van der Waals surface area contributed by atoms with Gasteiger partial charge in [0.1, 0.15) is 0 Å². The van der Waals surface area contributed by atoms with Crippen molar-refractivity contribution in [2.45, 2.75) is 18.9 Å². The second kappa shape index (κ2) is 5.63. The van der Waals surface area contributed by atoms with Gasteiger partial charge in [0.25, 0.3) is 0 Å². The first-order valence-electron chi connectivity index (χ1n) is 6.67. The van der Waals surface area contributed by atoms with E-state index in [4.69, 9.17) is 11.6 Å². The van der Waals surface area contributed by atoms with Crippen LogP contribution >= 0.6 is 11.6 Å². The molecule has 1 aliphatic rings. The predicted octanol–water partition coefficient (Wildman–Crippen LogP) is 3.15. The Balaban J connectivity index is 1.57. The van der Waals surface area contributed by atoms with Crippen LogP contribution in [0, 0.1) is 5.92 Å². The van der Waals surface area contributed by atoms with Crippen LogP contribution in [-0.2, 0) is 11.3 Å². The topological polar surface area (TPSA) is 42.0 Å². The molecular weight excluding hydrogens is 272 g/mol. The Morgan fingerprint density at radius 2 is 2.00 bits per heavy atom. The smallest absolute Gasteiger partial charge is 0.224 e. The standard InChI is InChI=1S/C16H15ClN2O/c17-15-4-2-1-3-12(15)13-9-14(13)16(20)19-10-11-5-7-18-8-6-11/h1-8,13-14H,9-10H2,(H,19,20). The van der Waals surface area contributed by atoms with Gasteiger partial charge in [0.15, 0.2) is 0 Å². The largest absolute Gasteiger partial charge is 0.352 e. The highest BCUT2D eigenvalue weighted by atomic mass is 35.5. The van der Waals surface area contributed by atoms with Gasteiger partial charge in [-0.1, -0.05) is 29.8 Å². The van der Waals surface area contributed by atoms with Gasteiger partial charge in [0.2, 0.25) is 5.91 Å². The molecule has 0 saturated heterocycles. The van der Waals surface area contributed by atoms with Gasteiger partial charge in [0, 0.05) is 29.9 Å². The highest BCUT2D eigenvalue weighted by Crippen LogP contribution is 2.49. The maximum atomic E-state index is 12.1. The van der Waals surface area contributed by atoms with Gasteiger partial charge < -0.3 is 5.32 Å². The third-order valence-electron chi connectivity index (χ3n) is 3.65. The first kappa shape index (κ1) is 13.1. The monoisotopic (exact) mass is 286 g/mol. The Hall–Kier alpha value is -1.87. The number of hydrogen-bond donors (Lipinski definition) is 1. The van der Waals surface area contributed by atoms with Crippen LogP contribution in [0.1, 0.15) is 23.5 Å². The van der Waals surface area contributed by atoms with Crippen LogP contribution in [0.25, 0.3) is 0 Å². The van der Waals surface area contributed by atoms with E-state index in [1.807, 2.05) is 36.4 Å². The van der Waals surface area contributed by atoms with Crippen LogP contribution in [0.5, 0.6) is 0 Å². The fraction of sp³-hybridized carbons (Fsp3) is 0.250. The fourth-order valence-corrected chi connectivity index (χ4v) is 2.70. The summed E-state index contributed by atoms with van der Waals surface area (Å²) in [6, 6.07) is 11.6. The number of amides is 1. The van der Waals surface area contributed by atoms with E-state index in [0.29, 0.717) is 6.54 Å². The molecule has 0 spiro atoms. The number of nitrogens with zero attached hydrogens (tertiary/aromatic N) is 1. The van der Waals surface area contributed by atoms with Crippen molar-refractivity contribution >= 4 is 17.5 Å². The molecule has 4 heteroatoms. The third-order valence-corrected chi connectivity index (χ3v) is 3.99. The van der Waals surface area contributed by atoms with E-state index in [9.17, 15) is 4.79 Å². The molecule has 20 heavy (non-hydrogen) atoms. The zero-order chi connectivity index (χ0) is 13.9. The molecule has 3 nitrogen and oxygen atoms in total. The average molecular weight is 287 g/mol. The molecule has 1 N–H and O–H groups in total. The SMILES string of the molecule is O=C(NCc1ccncc1)C1CC1c1ccccc1Cl. The van der Waals surface area contributed by atoms with Crippen LogP contribution in [0.2, 0.25) is 5.02 Å². The first-order valence-corrected chi connectivity index (χ1v) is 7.04. The Morgan fingerprint density at radius 3 is 2.75 bits per heavy atom. The number of carbonyl (C=O) groups is 1. The lowest BCUT2D eigenvalue weighted by Crippen LogP contribution is -2.24. The predicted molar refractivity (Wildman–Crippen MR) is 78.4 cm³/mol. The van der Waals surface area contributed by atoms with Gasteiger partial charge in [-0.15, -0.1) is 0 Å². The van der Waals surface area contributed by atoms with Crippen LogP contribution < -0.4 is 5.32 Å². The Bertz CT molecular complexity index is 615. The molecule has 1 fully saturated rings. The number of carbonyl (C=O) groups excluding carboxylic acids is 1. The summed E-state index contributed by atoms with van der Waals surface area (Å²) < 4.78 is 0. The lowest BCUT2D eigenvalue weighted by atomic mass is 10.1. The molecule has 1 aliphatic carbocycles. The number of halogens is 1. The van der Waals surface area contributed by atoms with Crippen molar-refractivity contribution < 1.29 is 4.79 Å². The Kier molecular flexibility index (Phi) is 3.70. The molecule has 2 aromatic rings. The third kappa shape index (κ3) is 2.83. The zero-order valence-electron chi connectivity index (χ0n) is 10.9. The van der Waals surface area contributed by atoms with E-state index in [2.05, 4.69) is 10.3 Å². The number of benzene rings is 1. The molecule has 0 aliphatic heterocycles. The lowest BCUT2D eigenvalue weighted by Gasteiger charge is -2.06. The van der Waals surface area contributed by atoms with E-state index >= 15 is 0 Å². The van der Waals surface area contributed by atoms with Crippen molar-refractivity contribution in [3.05, 3.63) is 64.9 Å². The van der Waals surface area contributed by atoms with Gasteiger partial charge in [-0.3, -0.25) is 9.78 Å². The van der Waals surface area contributed by atoms with E-state index in [1.54, 1.807) is 12.4 Å². The molecule has 2 unspecified atom stereocenters. The van der Waals surface area contributed by atoms with E-state index < -0.39 is 0 Å². The summed E-state index contributed by atoms with van der Waals surface area (Å²) in [7, 11) is 0. The molecule has 1 heterocycles. The maximum Gasteiger partial charge on any atom is 0.224 e. The van der Waals surface area contributed by atoms with E-state index in [1.165, 1.54) is 0 Å². The lowest BCUT2D eigenvalue weighted by molar-refractivity contribution is -0.122. The number of hydrogen-bond acceptors (Lipinski definition) is 2. The first-order chi connectivity index (χ1) is 9.75. The molecule has 0 radical (unpaired) electrons. The molecule has 1 aromatic carbocycles. The van der Waals surface area contributed by atoms with Crippen molar-refractivity contribution in [3.63, 3.8) is 0 Å². The van der Waals surface area contributed by atoms with E-state index in [-0.39, 0.29) is 17.7 Å². The maximum absolute atomic E-state index is 12.1. The summed E-state index contributed by atoms with van der Waals surface area (Å²) >= 11 is 6.16. The van der Waals surface area contributed by atoms with Gasteiger partial charge in [0.05, 0.1) is 0 Å². The van der Waals surface area contributed by atoms with Gasteiger partial charge in [-0.05, 0) is 41.7 Å². The summed E-state index contributed by atoms with van der Waals surface area (Å²) in [5.41, 5.74) is 2.14. The Morgan fingerprint density at radius 1 is 1.25 bits per heavy atom. The van der Waals surface area contributed by atoms with Crippen molar-refractivity contribution in [1.82, 2.24) is 10.3 Å². The molecule has 3 rings (SSSR count). The highest BCUT2D eigenvalue weighted by molar-refractivity contribution is 6.31.